The van der Waals surface area contributed by atoms with E-state index in [1.807, 2.05) is 0 Å². The van der Waals surface area contributed by atoms with Crippen molar-refractivity contribution in [3.8, 4) is 11.5 Å². The molecule has 2 N–H and O–H groups in total. The zero-order chi connectivity index (χ0) is 17.5. The normalized spacial score (nSPS) is 11.5. The molecule has 1 amide bonds. The number of nitrogens with zero attached hydrogens (tertiary/aromatic N) is 2. The third-order valence-electron chi connectivity index (χ3n) is 3.55. The first-order valence-electron chi connectivity index (χ1n) is 7.71. The number of methoxy groups -OCH3 is 2. The predicted molar refractivity (Wildman–Crippen MR) is 92.9 cm³/mol. The van der Waals surface area contributed by atoms with Crippen LogP contribution in [0.3, 0.4) is 0 Å². The average molecular weight is 330 g/mol. The molecule has 2 rings (SSSR count). The Balaban J connectivity index is 2.07. The van der Waals surface area contributed by atoms with Crippen LogP contribution in [0.5, 0.6) is 11.5 Å². The Hall–Kier alpha value is -2.83. The van der Waals surface area contributed by atoms with Crippen molar-refractivity contribution in [3.05, 3.63) is 36.0 Å². The smallest absolute Gasteiger partial charge is 0.276 e. The SMILES string of the molecule is CCC(C)Nc1ccc(C(=O)Nc2ccc(OC)c(OC)c2)nn1. The molecular formula is C17H22N4O3. The molecule has 1 unspecified atom stereocenters. The molecule has 0 saturated carbocycles. The van der Waals surface area contributed by atoms with Gasteiger partial charge in [-0.15, -0.1) is 10.2 Å². The molecule has 7 nitrogen and oxygen atoms in total. The minimum Gasteiger partial charge on any atom is -0.493 e. The van der Waals surface area contributed by atoms with Crippen LogP contribution in [0.25, 0.3) is 0 Å². The van der Waals surface area contributed by atoms with Gasteiger partial charge in [-0.25, -0.2) is 0 Å². The summed E-state index contributed by atoms with van der Waals surface area (Å²) in [7, 11) is 3.10. The molecule has 1 aromatic carbocycles. The fourth-order valence-electron chi connectivity index (χ4n) is 1.99. The number of carbonyl (C=O) groups is 1. The summed E-state index contributed by atoms with van der Waals surface area (Å²) in [6, 6.07) is 8.80. The lowest BCUT2D eigenvalue weighted by molar-refractivity contribution is 0.102. The molecule has 128 valence electrons. The maximum Gasteiger partial charge on any atom is 0.276 e. The van der Waals surface area contributed by atoms with Crippen molar-refractivity contribution in [3.63, 3.8) is 0 Å². The van der Waals surface area contributed by atoms with Gasteiger partial charge in [0.1, 0.15) is 5.82 Å². The van der Waals surface area contributed by atoms with Crippen LogP contribution in [0.1, 0.15) is 30.8 Å². The number of benzene rings is 1. The summed E-state index contributed by atoms with van der Waals surface area (Å²) in [5, 5.41) is 13.9. The fraction of sp³-hybridized carbons (Fsp3) is 0.353. The first kappa shape index (κ1) is 17.5. The topological polar surface area (TPSA) is 85.4 Å². The van der Waals surface area contributed by atoms with Gasteiger partial charge in [0.15, 0.2) is 17.2 Å². The maximum atomic E-state index is 12.3. The van der Waals surface area contributed by atoms with Crippen molar-refractivity contribution < 1.29 is 14.3 Å². The summed E-state index contributed by atoms with van der Waals surface area (Å²) >= 11 is 0. The van der Waals surface area contributed by atoms with Crippen molar-refractivity contribution in [2.24, 2.45) is 0 Å². The highest BCUT2D eigenvalue weighted by molar-refractivity contribution is 6.02. The molecule has 0 radical (unpaired) electrons. The monoisotopic (exact) mass is 330 g/mol. The molecule has 0 saturated heterocycles. The molecule has 1 heterocycles. The molecule has 1 atom stereocenters. The minimum absolute atomic E-state index is 0.236. The Morgan fingerprint density at radius 2 is 1.88 bits per heavy atom. The van der Waals surface area contributed by atoms with Crippen LogP contribution < -0.4 is 20.1 Å². The van der Waals surface area contributed by atoms with Gasteiger partial charge in [-0.05, 0) is 37.6 Å². The lowest BCUT2D eigenvalue weighted by Gasteiger charge is -2.12. The second kappa shape index (κ2) is 8.14. The third kappa shape index (κ3) is 4.34. The average Bonchev–Trinajstić information content (AvgIpc) is 2.61. The van der Waals surface area contributed by atoms with Crippen molar-refractivity contribution in [2.45, 2.75) is 26.3 Å². The van der Waals surface area contributed by atoms with E-state index in [9.17, 15) is 4.79 Å². The highest BCUT2D eigenvalue weighted by atomic mass is 16.5. The van der Waals surface area contributed by atoms with Crippen LogP contribution >= 0.6 is 0 Å². The van der Waals surface area contributed by atoms with E-state index in [0.717, 1.165) is 6.42 Å². The van der Waals surface area contributed by atoms with Crippen LogP contribution in [0, 0.1) is 0 Å². The standard InChI is InChI=1S/C17H22N4O3/c1-5-11(2)18-16-9-7-13(20-21-16)17(22)19-12-6-8-14(23-3)15(10-12)24-4/h6-11H,5H2,1-4H3,(H,18,21)(H,19,22). The zero-order valence-electron chi connectivity index (χ0n) is 14.3. The Bertz CT molecular complexity index is 689. The fourth-order valence-corrected chi connectivity index (χ4v) is 1.99. The van der Waals surface area contributed by atoms with Crippen molar-refractivity contribution in [1.82, 2.24) is 10.2 Å². The number of rotatable bonds is 7. The lowest BCUT2D eigenvalue weighted by atomic mass is 10.2. The number of carbonyl (C=O) groups excluding carboxylic acids is 1. The third-order valence-corrected chi connectivity index (χ3v) is 3.55. The second-order valence-electron chi connectivity index (χ2n) is 5.28. The van der Waals surface area contributed by atoms with Gasteiger partial charge in [-0.2, -0.15) is 0 Å². The predicted octanol–water partition coefficient (Wildman–Crippen LogP) is 2.96. The molecule has 2 aromatic rings. The summed E-state index contributed by atoms with van der Waals surface area (Å²) in [4.78, 5) is 12.3. The summed E-state index contributed by atoms with van der Waals surface area (Å²) in [6.45, 7) is 4.13. The summed E-state index contributed by atoms with van der Waals surface area (Å²) in [5.74, 6) is 1.43. The second-order valence-corrected chi connectivity index (χ2v) is 5.28. The molecule has 0 aliphatic rings. The van der Waals surface area contributed by atoms with Crippen molar-refractivity contribution in [1.29, 1.82) is 0 Å². The van der Waals surface area contributed by atoms with Gasteiger partial charge in [-0.1, -0.05) is 6.92 Å². The lowest BCUT2D eigenvalue weighted by Crippen LogP contribution is -2.17. The number of amides is 1. The van der Waals surface area contributed by atoms with Crippen LogP contribution in [-0.4, -0.2) is 36.4 Å². The number of aromatic nitrogens is 2. The van der Waals surface area contributed by atoms with Gasteiger partial charge in [-0.3, -0.25) is 4.79 Å². The Morgan fingerprint density at radius 3 is 2.46 bits per heavy atom. The maximum absolute atomic E-state index is 12.3. The quantitative estimate of drug-likeness (QED) is 0.812. The van der Waals surface area contributed by atoms with Crippen LogP contribution in [0.2, 0.25) is 0 Å². The van der Waals surface area contributed by atoms with Crippen molar-refractivity contribution in [2.75, 3.05) is 24.9 Å². The van der Waals surface area contributed by atoms with E-state index in [0.29, 0.717) is 29.0 Å². The summed E-state index contributed by atoms with van der Waals surface area (Å²) in [6.07, 6.45) is 0.975. The number of hydrogen-bond acceptors (Lipinski definition) is 6. The van der Waals surface area contributed by atoms with E-state index in [2.05, 4.69) is 34.7 Å². The first-order chi connectivity index (χ1) is 11.6. The number of hydrogen-bond donors (Lipinski definition) is 2. The van der Waals surface area contributed by atoms with E-state index in [1.54, 1.807) is 37.4 Å². The number of ether oxygens (including phenoxy) is 2. The minimum atomic E-state index is -0.343. The molecule has 7 heteroatoms. The molecule has 0 aliphatic heterocycles. The van der Waals surface area contributed by atoms with E-state index in [-0.39, 0.29) is 11.6 Å². The zero-order valence-corrected chi connectivity index (χ0v) is 14.3. The van der Waals surface area contributed by atoms with E-state index in [4.69, 9.17) is 9.47 Å². The highest BCUT2D eigenvalue weighted by Crippen LogP contribution is 2.29. The molecule has 1 aromatic heterocycles. The van der Waals surface area contributed by atoms with Gasteiger partial charge in [0.25, 0.3) is 5.91 Å². The number of anilines is 2. The molecule has 0 spiro atoms. The van der Waals surface area contributed by atoms with Gasteiger partial charge >= 0.3 is 0 Å². The summed E-state index contributed by atoms with van der Waals surface area (Å²) < 4.78 is 10.4. The molecular weight excluding hydrogens is 308 g/mol. The van der Waals surface area contributed by atoms with Gasteiger partial charge < -0.3 is 20.1 Å². The molecule has 0 fully saturated rings. The van der Waals surface area contributed by atoms with Crippen LogP contribution in [0.4, 0.5) is 11.5 Å². The first-order valence-corrected chi connectivity index (χ1v) is 7.71. The number of nitrogens with one attached hydrogen (secondary N) is 2. The van der Waals surface area contributed by atoms with Crippen LogP contribution in [-0.2, 0) is 0 Å². The largest absolute Gasteiger partial charge is 0.493 e. The van der Waals surface area contributed by atoms with E-state index in [1.165, 1.54) is 7.11 Å². The Labute approximate surface area is 141 Å². The van der Waals surface area contributed by atoms with Crippen LogP contribution in [0.15, 0.2) is 30.3 Å². The summed E-state index contributed by atoms with van der Waals surface area (Å²) in [5.41, 5.74) is 0.820. The van der Waals surface area contributed by atoms with Gasteiger partial charge in [0.05, 0.1) is 14.2 Å². The molecule has 0 bridgehead atoms. The van der Waals surface area contributed by atoms with E-state index < -0.39 is 0 Å². The Kier molecular flexibility index (Phi) is 5.95. The highest BCUT2D eigenvalue weighted by Gasteiger charge is 2.11. The molecule has 0 aliphatic carbocycles. The van der Waals surface area contributed by atoms with Gasteiger partial charge in [0, 0.05) is 17.8 Å². The Morgan fingerprint density at radius 1 is 1.12 bits per heavy atom. The van der Waals surface area contributed by atoms with E-state index >= 15 is 0 Å². The molecule has 24 heavy (non-hydrogen) atoms. The van der Waals surface area contributed by atoms with Crippen molar-refractivity contribution >= 4 is 17.4 Å². The van der Waals surface area contributed by atoms with Gasteiger partial charge in [0.2, 0.25) is 0 Å².